The van der Waals surface area contributed by atoms with Gasteiger partial charge in [-0.2, -0.15) is 0 Å². The predicted molar refractivity (Wildman–Crippen MR) is 46.4 cm³/mol. The molecule has 0 aromatic heterocycles. The van der Waals surface area contributed by atoms with E-state index in [2.05, 4.69) is 10.4 Å². The van der Waals surface area contributed by atoms with Crippen molar-refractivity contribution in [1.82, 2.24) is 10.4 Å². The van der Waals surface area contributed by atoms with Gasteiger partial charge < -0.3 is 0 Å². The molecule has 6 atom stereocenters. The van der Waals surface area contributed by atoms with E-state index in [4.69, 9.17) is 0 Å². The first kappa shape index (κ1) is 6.39. The Kier molecular flexibility index (Phi) is 0.999. The molecule has 2 saturated carbocycles. The smallest absolute Gasteiger partial charge is 0.0259 e. The van der Waals surface area contributed by atoms with Gasteiger partial charge in [-0.25, -0.2) is 5.01 Å². The van der Waals surface area contributed by atoms with Crippen molar-refractivity contribution >= 4 is 0 Å². The van der Waals surface area contributed by atoms with Crippen LogP contribution in [0, 0.1) is 17.8 Å². The molecule has 2 heteroatoms. The van der Waals surface area contributed by atoms with E-state index in [0.29, 0.717) is 0 Å². The van der Waals surface area contributed by atoms with Crippen LogP contribution >= 0.6 is 0 Å². The van der Waals surface area contributed by atoms with Gasteiger partial charge in [0.05, 0.1) is 0 Å². The highest BCUT2D eigenvalue weighted by Crippen LogP contribution is 2.51. The van der Waals surface area contributed by atoms with Gasteiger partial charge in [0.1, 0.15) is 0 Å². The van der Waals surface area contributed by atoms with Gasteiger partial charge in [0, 0.05) is 18.6 Å². The van der Waals surface area contributed by atoms with Crippen LogP contribution in [0.5, 0.6) is 0 Å². The third kappa shape index (κ3) is 0.612. The van der Waals surface area contributed by atoms with Gasteiger partial charge in [0.25, 0.3) is 0 Å². The molecule has 6 unspecified atom stereocenters. The van der Waals surface area contributed by atoms with Gasteiger partial charge in [-0.05, 0) is 43.4 Å². The fourth-order valence-electron chi connectivity index (χ4n) is 4.22. The zero-order chi connectivity index (χ0) is 7.71. The zero-order valence-electron chi connectivity index (χ0n) is 7.37. The second kappa shape index (κ2) is 1.88. The highest BCUT2D eigenvalue weighted by molar-refractivity contribution is 5.05. The number of hydrazine groups is 1. The molecular formula is C10H16N2. The summed E-state index contributed by atoms with van der Waals surface area (Å²) in [6.45, 7) is 1.36. The maximum Gasteiger partial charge on any atom is 0.0259 e. The monoisotopic (exact) mass is 164 g/mol. The van der Waals surface area contributed by atoms with Crippen LogP contribution in [0.4, 0.5) is 0 Å². The van der Waals surface area contributed by atoms with Gasteiger partial charge in [-0.1, -0.05) is 0 Å². The van der Waals surface area contributed by atoms with Crippen LogP contribution in [0.2, 0.25) is 0 Å². The molecule has 12 heavy (non-hydrogen) atoms. The molecule has 0 radical (unpaired) electrons. The van der Waals surface area contributed by atoms with Crippen molar-refractivity contribution in [2.24, 2.45) is 17.8 Å². The topological polar surface area (TPSA) is 15.3 Å². The zero-order valence-corrected chi connectivity index (χ0v) is 7.37. The molecule has 5 fully saturated rings. The summed E-state index contributed by atoms with van der Waals surface area (Å²) in [5, 5.41) is 2.57. The fourth-order valence-corrected chi connectivity index (χ4v) is 4.22. The Labute approximate surface area is 73.3 Å². The Morgan fingerprint density at radius 2 is 1.75 bits per heavy atom. The SMILES string of the molecule is C1C2CC3CC2CC2NN3CC12. The fraction of sp³-hybridized carbons (Fsp3) is 1.00. The molecule has 0 amide bonds. The summed E-state index contributed by atoms with van der Waals surface area (Å²) in [5.41, 5.74) is 3.71. The molecule has 2 aliphatic carbocycles. The third-order valence-corrected chi connectivity index (χ3v) is 4.75. The second-order valence-electron chi connectivity index (χ2n) is 5.26. The van der Waals surface area contributed by atoms with Crippen molar-refractivity contribution in [2.75, 3.05) is 6.54 Å². The highest BCUT2D eigenvalue weighted by atomic mass is 15.6. The van der Waals surface area contributed by atoms with Crippen LogP contribution < -0.4 is 5.43 Å². The Morgan fingerprint density at radius 3 is 2.67 bits per heavy atom. The van der Waals surface area contributed by atoms with E-state index in [-0.39, 0.29) is 0 Å². The van der Waals surface area contributed by atoms with Crippen LogP contribution in [-0.2, 0) is 0 Å². The summed E-state index contributed by atoms with van der Waals surface area (Å²) < 4.78 is 0. The van der Waals surface area contributed by atoms with Gasteiger partial charge in [0.2, 0.25) is 0 Å². The maximum absolute atomic E-state index is 3.71. The molecule has 0 aromatic rings. The average molecular weight is 164 g/mol. The molecular weight excluding hydrogens is 148 g/mol. The molecule has 5 aliphatic rings. The van der Waals surface area contributed by atoms with Gasteiger partial charge in [0.15, 0.2) is 0 Å². The van der Waals surface area contributed by atoms with E-state index < -0.39 is 0 Å². The Hall–Kier alpha value is -0.0800. The lowest BCUT2D eigenvalue weighted by Crippen LogP contribution is -2.42. The van der Waals surface area contributed by atoms with E-state index in [9.17, 15) is 0 Å². The lowest BCUT2D eigenvalue weighted by atomic mass is 9.74. The van der Waals surface area contributed by atoms with Crippen molar-refractivity contribution in [1.29, 1.82) is 0 Å². The third-order valence-electron chi connectivity index (χ3n) is 4.75. The van der Waals surface area contributed by atoms with Crippen molar-refractivity contribution < 1.29 is 0 Å². The normalized spacial score (nSPS) is 66.0. The van der Waals surface area contributed by atoms with E-state index in [1.165, 1.54) is 32.2 Å². The van der Waals surface area contributed by atoms with E-state index in [0.717, 1.165) is 29.8 Å². The van der Waals surface area contributed by atoms with E-state index >= 15 is 0 Å². The number of rotatable bonds is 0. The highest BCUT2D eigenvalue weighted by Gasteiger charge is 2.52. The molecule has 3 heterocycles. The van der Waals surface area contributed by atoms with Crippen molar-refractivity contribution in [2.45, 2.75) is 37.8 Å². The van der Waals surface area contributed by atoms with Crippen molar-refractivity contribution in [3.05, 3.63) is 0 Å². The number of hydrogen-bond donors (Lipinski definition) is 1. The van der Waals surface area contributed by atoms with E-state index in [1.54, 1.807) is 0 Å². The molecule has 6 bridgehead atoms. The summed E-state index contributed by atoms with van der Waals surface area (Å²) in [6, 6.07) is 1.79. The molecule has 3 saturated heterocycles. The van der Waals surface area contributed by atoms with Gasteiger partial charge in [-0.15, -0.1) is 0 Å². The number of nitrogens with one attached hydrogen (secondary N) is 1. The van der Waals surface area contributed by atoms with Gasteiger partial charge >= 0.3 is 0 Å². The first-order chi connectivity index (χ1) is 5.90. The molecule has 3 aliphatic heterocycles. The standard InChI is InChI=1S/C10H16N2/c1-6-2-9-3-7(6)4-10-8(1)5-12(9)11-10/h6-11H,1-5H2. The average Bonchev–Trinajstić information content (AvgIpc) is 2.48. The van der Waals surface area contributed by atoms with Crippen LogP contribution in [0.3, 0.4) is 0 Å². The minimum absolute atomic E-state index is 0.872. The van der Waals surface area contributed by atoms with Crippen molar-refractivity contribution in [3.63, 3.8) is 0 Å². The molecule has 0 aromatic carbocycles. The summed E-state index contributed by atoms with van der Waals surface area (Å²) in [7, 11) is 0. The minimum Gasteiger partial charge on any atom is -0.252 e. The first-order valence-corrected chi connectivity index (χ1v) is 5.43. The second-order valence-corrected chi connectivity index (χ2v) is 5.26. The predicted octanol–water partition coefficient (Wildman–Crippen LogP) is 0.994. The lowest BCUT2D eigenvalue weighted by molar-refractivity contribution is 0.163. The molecule has 0 spiro atoms. The van der Waals surface area contributed by atoms with Crippen LogP contribution in [0.15, 0.2) is 0 Å². The molecule has 2 nitrogen and oxygen atoms in total. The lowest BCUT2D eigenvalue weighted by Gasteiger charge is -2.33. The summed E-state index contributed by atoms with van der Waals surface area (Å²) in [5.74, 6) is 3.22. The number of hydrogen-bond acceptors (Lipinski definition) is 2. The minimum atomic E-state index is 0.872. The van der Waals surface area contributed by atoms with Gasteiger partial charge in [-0.3, -0.25) is 5.43 Å². The molecule has 1 N–H and O–H groups in total. The summed E-state index contributed by atoms with van der Waals surface area (Å²) in [4.78, 5) is 0. The quantitative estimate of drug-likeness (QED) is 0.574. The Bertz CT molecular complexity index is 184. The number of nitrogens with zero attached hydrogens (tertiary/aromatic N) is 1. The van der Waals surface area contributed by atoms with Crippen LogP contribution in [0.25, 0.3) is 0 Å². The summed E-state index contributed by atoms with van der Waals surface area (Å²) in [6.07, 6.45) is 6.03. The Morgan fingerprint density at radius 1 is 0.917 bits per heavy atom. The van der Waals surface area contributed by atoms with E-state index in [1.807, 2.05) is 0 Å². The van der Waals surface area contributed by atoms with Crippen LogP contribution in [0.1, 0.15) is 25.7 Å². The first-order valence-electron chi connectivity index (χ1n) is 5.43. The summed E-state index contributed by atoms with van der Waals surface area (Å²) >= 11 is 0. The molecule has 5 rings (SSSR count). The van der Waals surface area contributed by atoms with Crippen LogP contribution in [-0.4, -0.2) is 23.6 Å². The van der Waals surface area contributed by atoms with Crippen molar-refractivity contribution in [3.8, 4) is 0 Å². The maximum atomic E-state index is 3.71. The Balaban J connectivity index is 1.84. The molecule has 66 valence electrons. The largest absolute Gasteiger partial charge is 0.252 e.